The molecule has 1 amide bonds. The minimum absolute atomic E-state index is 0.149. The van der Waals surface area contributed by atoms with Crippen LogP contribution in [0.15, 0.2) is 24.3 Å². The van der Waals surface area contributed by atoms with Crippen LogP contribution in [0.2, 0.25) is 0 Å². The lowest BCUT2D eigenvalue weighted by Crippen LogP contribution is -2.48. The average Bonchev–Trinajstić information content (AvgIpc) is 2.39. The predicted octanol–water partition coefficient (Wildman–Crippen LogP) is 1.02. The Bertz CT molecular complexity index is 414. The Labute approximate surface area is 106 Å². The van der Waals surface area contributed by atoms with E-state index < -0.39 is 6.09 Å². The monoisotopic (exact) mass is 250 g/mol. The van der Waals surface area contributed by atoms with Crippen molar-refractivity contribution in [1.29, 1.82) is 0 Å². The molecule has 98 valence electrons. The summed E-state index contributed by atoms with van der Waals surface area (Å²) in [6.07, 6.45) is -0.188. The number of benzene rings is 1. The molecule has 0 radical (unpaired) electrons. The molecule has 2 rings (SSSR count). The number of hydrogen-bond acceptors (Lipinski definition) is 3. The van der Waals surface area contributed by atoms with Gasteiger partial charge in [0.2, 0.25) is 0 Å². The number of hydrogen-bond donors (Lipinski definition) is 2. The van der Waals surface area contributed by atoms with Crippen molar-refractivity contribution in [2.24, 2.45) is 0 Å². The van der Waals surface area contributed by atoms with E-state index in [9.17, 15) is 4.79 Å². The first kappa shape index (κ1) is 12.7. The Kier molecular flexibility index (Phi) is 4.04. The van der Waals surface area contributed by atoms with Gasteiger partial charge >= 0.3 is 6.09 Å². The van der Waals surface area contributed by atoms with Crippen molar-refractivity contribution >= 4 is 11.8 Å². The second kappa shape index (κ2) is 5.73. The lowest BCUT2D eigenvalue weighted by atomic mass is 10.1. The molecule has 0 unspecified atom stereocenters. The lowest BCUT2D eigenvalue weighted by molar-refractivity contribution is 0.142. The third-order valence-corrected chi connectivity index (χ3v) is 3.23. The highest BCUT2D eigenvalue weighted by atomic mass is 16.4. The highest BCUT2D eigenvalue weighted by molar-refractivity contribution is 5.65. The van der Waals surface area contributed by atoms with E-state index in [2.05, 4.69) is 11.0 Å². The van der Waals surface area contributed by atoms with Crippen molar-refractivity contribution in [3.05, 3.63) is 29.8 Å². The summed E-state index contributed by atoms with van der Waals surface area (Å²) in [5.74, 6) is 0. The molecule has 0 spiro atoms. The first-order valence-electron chi connectivity index (χ1n) is 6.13. The van der Waals surface area contributed by atoms with Gasteiger partial charge in [0, 0.05) is 38.5 Å². The normalized spacial score (nSPS) is 15.8. The number of aliphatic hydroxyl groups excluding tert-OH is 1. The number of anilines is 1. The summed E-state index contributed by atoms with van der Waals surface area (Å²) in [4.78, 5) is 14.4. The predicted molar refractivity (Wildman–Crippen MR) is 69.0 cm³/mol. The van der Waals surface area contributed by atoms with Crippen LogP contribution in [-0.2, 0) is 6.42 Å². The molecule has 0 atom stereocenters. The standard InChI is InChI=1S/C13H18N2O3/c16-9-4-11-2-1-3-12(10-11)14-5-7-15(8-6-14)13(17)18/h1-3,10,16H,4-9H2,(H,17,18). The molecule has 18 heavy (non-hydrogen) atoms. The van der Waals surface area contributed by atoms with Crippen LogP contribution in [0.1, 0.15) is 5.56 Å². The fourth-order valence-corrected chi connectivity index (χ4v) is 2.19. The van der Waals surface area contributed by atoms with E-state index in [-0.39, 0.29) is 6.61 Å². The summed E-state index contributed by atoms with van der Waals surface area (Å²) in [5.41, 5.74) is 2.21. The number of nitrogens with zero attached hydrogens (tertiary/aromatic N) is 2. The molecule has 5 heteroatoms. The zero-order valence-electron chi connectivity index (χ0n) is 10.2. The first-order chi connectivity index (χ1) is 8.70. The molecule has 1 aliphatic rings. The smallest absolute Gasteiger partial charge is 0.407 e. The summed E-state index contributed by atoms with van der Waals surface area (Å²) in [6.45, 7) is 2.67. The van der Waals surface area contributed by atoms with Crippen LogP contribution in [0.3, 0.4) is 0 Å². The van der Waals surface area contributed by atoms with Gasteiger partial charge in [0.15, 0.2) is 0 Å². The maximum atomic E-state index is 10.8. The van der Waals surface area contributed by atoms with Crippen LogP contribution in [0.4, 0.5) is 10.5 Å². The summed E-state index contributed by atoms with van der Waals surface area (Å²) < 4.78 is 0. The van der Waals surface area contributed by atoms with E-state index in [1.54, 1.807) is 0 Å². The SMILES string of the molecule is O=C(O)N1CCN(c2cccc(CCO)c2)CC1. The van der Waals surface area contributed by atoms with Crippen molar-refractivity contribution in [1.82, 2.24) is 4.90 Å². The number of piperazine rings is 1. The van der Waals surface area contributed by atoms with Gasteiger partial charge in [-0.3, -0.25) is 0 Å². The lowest BCUT2D eigenvalue weighted by Gasteiger charge is -2.34. The van der Waals surface area contributed by atoms with Crippen LogP contribution >= 0.6 is 0 Å². The Morgan fingerprint density at radius 1 is 1.22 bits per heavy atom. The maximum absolute atomic E-state index is 10.8. The van der Waals surface area contributed by atoms with Gasteiger partial charge in [0.05, 0.1) is 0 Å². The van der Waals surface area contributed by atoms with Gasteiger partial charge in [-0.2, -0.15) is 0 Å². The highest BCUT2D eigenvalue weighted by Crippen LogP contribution is 2.18. The van der Waals surface area contributed by atoms with E-state index in [0.29, 0.717) is 19.5 Å². The highest BCUT2D eigenvalue weighted by Gasteiger charge is 2.20. The van der Waals surface area contributed by atoms with Crippen LogP contribution in [0.5, 0.6) is 0 Å². The van der Waals surface area contributed by atoms with Crippen molar-refractivity contribution < 1.29 is 15.0 Å². The molecule has 5 nitrogen and oxygen atoms in total. The number of rotatable bonds is 3. The van der Waals surface area contributed by atoms with Gasteiger partial charge in [0.1, 0.15) is 0 Å². The minimum Gasteiger partial charge on any atom is -0.465 e. The fraction of sp³-hybridized carbons (Fsp3) is 0.462. The summed E-state index contributed by atoms with van der Waals surface area (Å²) >= 11 is 0. The molecule has 0 saturated carbocycles. The Balaban J connectivity index is 2.00. The number of aliphatic hydroxyl groups is 1. The van der Waals surface area contributed by atoms with Crippen LogP contribution in [0.25, 0.3) is 0 Å². The van der Waals surface area contributed by atoms with Crippen molar-refractivity contribution in [2.45, 2.75) is 6.42 Å². The van der Waals surface area contributed by atoms with Crippen molar-refractivity contribution in [3.8, 4) is 0 Å². The Morgan fingerprint density at radius 3 is 2.56 bits per heavy atom. The molecule has 2 N–H and O–H groups in total. The molecular weight excluding hydrogens is 232 g/mol. The quantitative estimate of drug-likeness (QED) is 0.840. The van der Waals surface area contributed by atoms with Gasteiger partial charge in [-0.1, -0.05) is 12.1 Å². The van der Waals surface area contributed by atoms with E-state index >= 15 is 0 Å². The van der Waals surface area contributed by atoms with Gasteiger partial charge in [-0.05, 0) is 24.1 Å². The third kappa shape index (κ3) is 2.92. The van der Waals surface area contributed by atoms with E-state index in [0.717, 1.165) is 24.3 Å². The van der Waals surface area contributed by atoms with Gasteiger partial charge < -0.3 is 20.0 Å². The van der Waals surface area contributed by atoms with Gasteiger partial charge in [-0.25, -0.2) is 4.79 Å². The number of amides is 1. The molecule has 1 aromatic carbocycles. The molecule has 1 fully saturated rings. The molecule has 0 bridgehead atoms. The largest absolute Gasteiger partial charge is 0.465 e. The van der Waals surface area contributed by atoms with Crippen LogP contribution < -0.4 is 4.90 Å². The van der Waals surface area contributed by atoms with Crippen LogP contribution in [0, 0.1) is 0 Å². The third-order valence-electron chi connectivity index (χ3n) is 3.23. The minimum atomic E-state index is -0.844. The molecule has 1 aromatic rings. The molecule has 1 heterocycles. The average molecular weight is 250 g/mol. The molecule has 0 aromatic heterocycles. The fourth-order valence-electron chi connectivity index (χ4n) is 2.19. The zero-order chi connectivity index (χ0) is 13.0. The molecule has 1 aliphatic heterocycles. The first-order valence-corrected chi connectivity index (χ1v) is 6.13. The molecular formula is C13H18N2O3. The maximum Gasteiger partial charge on any atom is 0.407 e. The summed E-state index contributed by atoms with van der Waals surface area (Å²) in [5, 5.41) is 17.8. The summed E-state index contributed by atoms with van der Waals surface area (Å²) in [7, 11) is 0. The van der Waals surface area contributed by atoms with Gasteiger partial charge in [-0.15, -0.1) is 0 Å². The number of carbonyl (C=O) groups is 1. The van der Waals surface area contributed by atoms with E-state index in [1.807, 2.05) is 18.2 Å². The van der Waals surface area contributed by atoms with Crippen LogP contribution in [-0.4, -0.2) is 54.0 Å². The van der Waals surface area contributed by atoms with Gasteiger partial charge in [0.25, 0.3) is 0 Å². The molecule has 0 aliphatic carbocycles. The number of carboxylic acid groups (broad SMARTS) is 1. The second-order valence-electron chi connectivity index (χ2n) is 4.40. The van der Waals surface area contributed by atoms with Crippen molar-refractivity contribution in [3.63, 3.8) is 0 Å². The van der Waals surface area contributed by atoms with E-state index in [4.69, 9.17) is 10.2 Å². The Morgan fingerprint density at radius 2 is 1.94 bits per heavy atom. The van der Waals surface area contributed by atoms with E-state index in [1.165, 1.54) is 4.90 Å². The zero-order valence-corrected chi connectivity index (χ0v) is 10.2. The summed E-state index contributed by atoms with van der Waals surface area (Å²) in [6, 6.07) is 8.06. The Hall–Kier alpha value is -1.75. The topological polar surface area (TPSA) is 64.0 Å². The second-order valence-corrected chi connectivity index (χ2v) is 4.40. The van der Waals surface area contributed by atoms with Crippen molar-refractivity contribution in [2.75, 3.05) is 37.7 Å². The molecule has 1 saturated heterocycles.